The van der Waals surface area contributed by atoms with E-state index in [1.54, 1.807) is 11.3 Å². The van der Waals surface area contributed by atoms with Gasteiger partial charge in [0.1, 0.15) is 0 Å². The van der Waals surface area contributed by atoms with Crippen LogP contribution < -0.4 is 5.32 Å². The van der Waals surface area contributed by atoms with Gasteiger partial charge in [-0.25, -0.2) is 0 Å². The van der Waals surface area contributed by atoms with Gasteiger partial charge in [-0.05, 0) is 41.8 Å². The molecule has 1 N–H and O–H groups in total. The van der Waals surface area contributed by atoms with E-state index < -0.39 is 0 Å². The molecule has 0 aromatic carbocycles. The Kier molecular flexibility index (Phi) is 6.36. The van der Waals surface area contributed by atoms with Crippen LogP contribution in [-0.4, -0.2) is 30.6 Å². The molecule has 1 saturated carbocycles. The fourth-order valence-corrected chi connectivity index (χ4v) is 2.56. The first-order valence-corrected chi connectivity index (χ1v) is 6.80. The third kappa shape index (κ3) is 4.42. The summed E-state index contributed by atoms with van der Waals surface area (Å²) in [5.74, 6) is 0. The van der Waals surface area contributed by atoms with Crippen molar-refractivity contribution in [3.05, 3.63) is 22.4 Å². The fraction of sp³-hybridized carbons (Fsp3) is 0.667. The average Bonchev–Trinajstić information content (AvgIpc) is 2.95. The first kappa shape index (κ1) is 14.0. The number of nitrogens with zero attached hydrogens (tertiary/aromatic N) is 1. The fourth-order valence-electron chi connectivity index (χ4n) is 1.89. The van der Waals surface area contributed by atoms with Gasteiger partial charge in [0.25, 0.3) is 0 Å². The Bertz CT molecular complexity index is 273. The average molecular weight is 261 g/mol. The molecule has 0 amide bonds. The molecule has 1 aliphatic rings. The van der Waals surface area contributed by atoms with Crippen molar-refractivity contribution in [3.63, 3.8) is 0 Å². The summed E-state index contributed by atoms with van der Waals surface area (Å²) in [7, 11) is 0. The number of halogens is 1. The predicted molar refractivity (Wildman–Crippen MR) is 73.5 cm³/mol. The van der Waals surface area contributed by atoms with Crippen LogP contribution in [0.4, 0.5) is 0 Å². The number of hydrogen-bond donors (Lipinski definition) is 1. The quantitative estimate of drug-likeness (QED) is 0.759. The Morgan fingerprint density at radius 2 is 2.31 bits per heavy atom. The molecule has 0 atom stereocenters. The summed E-state index contributed by atoms with van der Waals surface area (Å²) in [6.07, 6.45) is 2.83. The van der Waals surface area contributed by atoms with E-state index in [1.165, 1.54) is 31.5 Å². The Morgan fingerprint density at radius 1 is 1.50 bits per heavy atom. The van der Waals surface area contributed by atoms with Crippen molar-refractivity contribution in [2.75, 3.05) is 19.6 Å². The lowest BCUT2D eigenvalue weighted by molar-refractivity contribution is 0.277. The monoisotopic (exact) mass is 260 g/mol. The van der Waals surface area contributed by atoms with Crippen molar-refractivity contribution in [2.24, 2.45) is 0 Å². The highest BCUT2D eigenvalue weighted by Crippen LogP contribution is 2.25. The van der Waals surface area contributed by atoms with E-state index in [4.69, 9.17) is 0 Å². The van der Waals surface area contributed by atoms with Gasteiger partial charge < -0.3 is 5.32 Å². The molecular weight excluding hydrogens is 240 g/mol. The van der Waals surface area contributed by atoms with E-state index in [2.05, 4.69) is 34.0 Å². The van der Waals surface area contributed by atoms with Gasteiger partial charge in [0.2, 0.25) is 0 Å². The van der Waals surface area contributed by atoms with Crippen LogP contribution in [0.15, 0.2) is 16.8 Å². The highest BCUT2D eigenvalue weighted by Gasteiger charge is 2.26. The summed E-state index contributed by atoms with van der Waals surface area (Å²) < 4.78 is 0. The molecule has 4 heteroatoms. The van der Waals surface area contributed by atoms with Crippen molar-refractivity contribution >= 4 is 23.7 Å². The van der Waals surface area contributed by atoms with E-state index in [1.807, 2.05) is 0 Å². The Labute approximate surface area is 108 Å². The number of rotatable bonds is 7. The van der Waals surface area contributed by atoms with Crippen LogP contribution in [0, 0.1) is 0 Å². The van der Waals surface area contributed by atoms with E-state index in [-0.39, 0.29) is 12.4 Å². The molecule has 0 aliphatic heterocycles. The maximum Gasteiger partial charge on any atom is 0.0214 e. The highest BCUT2D eigenvalue weighted by molar-refractivity contribution is 7.07. The van der Waals surface area contributed by atoms with Crippen LogP contribution in [0.5, 0.6) is 0 Å². The third-order valence-electron chi connectivity index (χ3n) is 2.95. The molecular formula is C12H21ClN2S. The van der Waals surface area contributed by atoms with Gasteiger partial charge in [0, 0.05) is 25.7 Å². The van der Waals surface area contributed by atoms with E-state index in [0.29, 0.717) is 0 Å². The second-order valence-corrected chi connectivity index (χ2v) is 4.95. The van der Waals surface area contributed by atoms with Crippen LogP contribution in [0.2, 0.25) is 0 Å². The molecule has 1 aromatic heterocycles. The molecule has 2 rings (SSSR count). The van der Waals surface area contributed by atoms with Crippen LogP contribution >= 0.6 is 23.7 Å². The Hall–Kier alpha value is -0.0900. The van der Waals surface area contributed by atoms with Gasteiger partial charge in [-0.15, -0.1) is 12.4 Å². The summed E-state index contributed by atoms with van der Waals surface area (Å²) in [5, 5.41) is 7.85. The predicted octanol–water partition coefficient (Wildman–Crippen LogP) is 2.74. The van der Waals surface area contributed by atoms with Crippen LogP contribution in [-0.2, 0) is 6.54 Å². The summed E-state index contributed by atoms with van der Waals surface area (Å²) in [6, 6.07) is 3.09. The molecule has 1 aliphatic carbocycles. The standard InChI is InChI=1S/C12H20N2S.ClH/c1-2-14(12-3-4-12)7-6-13-9-11-5-8-15-10-11;/h5,8,10,12-13H,2-4,6-7,9H2,1H3;1H. The number of likely N-dealkylation sites (N-methyl/N-ethyl adjacent to an activating group) is 1. The number of nitrogens with one attached hydrogen (secondary N) is 1. The van der Waals surface area contributed by atoms with Gasteiger partial charge >= 0.3 is 0 Å². The van der Waals surface area contributed by atoms with Gasteiger partial charge in [-0.1, -0.05) is 6.92 Å². The van der Waals surface area contributed by atoms with Gasteiger partial charge in [-0.3, -0.25) is 4.90 Å². The second-order valence-electron chi connectivity index (χ2n) is 4.17. The minimum atomic E-state index is 0. The summed E-state index contributed by atoms with van der Waals surface area (Å²) in [6.45, 7) is 6.79. The lowest BCUT2D eigenvalue weighted by Crippen LogP contribution is -2.33. The van der Waals surface area contributed by atoms with E-state index >= 15 is 0 Å². The lowest BCUT2D eigenvalue weighted by atomic mass is 10.3. The SMILES string of the molecule is CCN(CCNCc1ccsc1)C1CC1.Cl. The molecule has 0 spiro atoms. The topological polar surface area (TPSA) is 15.3 Å². The molecule has 1 heterocycles. The summed E-state index contributed by atoms with van der Waals surface area (Å²) in [4.78, 5) is 2.58. The second kappa shape index (κ2) is 7.28. The lowest BCUT2D eigenvalue weighted by Gasteiger charge is -2.19. The van der Waals surface area contributed by atoms with Gasteiger partial charge in [0.05, 0.1) is 0 Å². The molecule has 1 fully saturated rings. The van der Waals surface area contributed by atoms with Crippen LogP contribution in [0.25, 0.3) is 0 Å². The Morgan fingerprint density at radius 3 is 2.88 bits per heavy atom. The van der Waals surface area contributed by atoms with E-state index in [0.717, 1.165) is 19.1 Å². The van der Waals surface area contributed by atoms with Crippen molar-refractivity contribution < 1.29 is 0 Å². The molecule has 0 unspecified atom stereocenters. The number of hydrogen-bond acceptors (Lipinski definition) is 3. The molecule has 16 heavy (non-hydrogen) atoms. The van der Waals surface area contributed by atoms with Crippen molar-refractivity contribution in [1.82, 2.24) is 10.2 Å². The minimum absolute atomic E-state index is 0. The minimum Gasteiger partial charge on any atom is -0.311 e. The van der Waals surface area contributed by atoms with Gasteiger partial charge in [-0.2, -0.15) is 11.3 Å². The molecule has 0 saturated heterocycles. The summed E-state index contributed by atoms with van der Waals surface area (Å²) >= 11 is 1.77. The maximum atomic E-state index is 3.50. The molecule has 1 aromatic rings. The first-order chi connectivity index (χ1) is 7.40. The zero-order valence-corrected chi connectivity index (χ0v) is 11.4. The molecule has 2 nitrogen and oxygen atoms in total. The maximum absolute atomic E-state index is 3.50. The van der Waals surface area contributed by atoms with Crippen LogP contribution in [0.3, 0.4) is 0 Å². The Balaban J connectivity index is 0.00000128. The van der Waals surface area contributed by atoms with Gasteiger partial charge in [0.15, 0.2) is 0 Å². The van der Waals surface area contributed by atoms with E-state index in [9.17, 15) is 0 Å². The largest absolute Gasteiger partial charge is 0.311 e. The molecule has 0 bridgehead atoms. The van der Waals surface area contributed by atoms with Crippen molar-refractivity contribution in [3.8, 4) is 0 Å². The number of thiophene rings is 1. The smallest absolute Gasteiger partial charge is 0.0214 e. The van der Waals surface area contributed by atoms with Crippen molar-refractivity contribution in [1.29, 1.82) is 0 Å². The zero-order chi connectivity index (χ0) is 10.5. The summed E-state index contributed by atoms with van der Waals surface area (Å²) in [5.41, 5.74) is 1.41. The molecule has 92 valence electrons. The van der Waals surface area contributed by atoms with Crippen molar-refractivity contribution in [2.45, 2.75) is 32.4 Å². The molecule has 0 radical (unpaired) electrons. The normalized spacial score (nSPS) is 15.1. The zero-order valence-electron chi connectivity index (χ0n) is 9.82. The van der Waals surface area contributed by atoms with Crippen LogP contribution in [0.1, 0.15) is 25.3 Å². The highest BCUT2D eigenvalue weighted by atomic mass is 35.5. The first-order valence-electron chi connectivity index (χ1n) is 5.86. The third-order valence-corrected chi connectivity index (χ3v) is 3.69.